The molecule has 0 atom stereocenters. The monoisotopic (exact) mass is 337 g/mol. The Balaban J connectivity index is 1.46. The zero-order chi connectivity index (χ0) is 17.5. The average Bonchev–Trinajstić information content (AvgIpc) is 2.96. The molecule has 0 unspecified atom stereocenters. The summed E-state index contributed by atoms with van der Waals surface area (Å²) >= 11 is 0. The first-order valence-electron chi connectivity index (χ1n) is 8.68. The minimum absolute atomic E-state index is 0.134. The summed E-state index contributed by atoms with van der Waals surface area (Å²) in [6, 6.07) is 0.148. The molecule has 0 aromatic carbocycles. The number of likely N-dealkylation sites (N-methyl/N-ethyl adjacent to an activating group) is 1. The number of nitrogens with zero attached hydrogens (tertiary/aromatic N) is 4. The molecule has 3 aliphatic rings. The average molecular weight is 337 g/mol. The summed E-state index contributed by atoms with van der Waals surface area (Å²) in [5.41, 5.74) is -0.799. The van der Waals surface area contributed by atoms with Crippen LogP contribution in [0.25, 0.3) is 0 Å². The smallest absolute Gasteiger partial charge is 0.325 e. The normalized spacial score (nSPS) is 25.8. The van der Waals surface area contributed by atoms with Crippen LogP contribution in [0.15, 0.2) is 0 Å². The van der Waals surface area contributed by atoms with Crippen molar-refractivity contribution in [2.45, 2.75) is 38.3 Å². The van der Waals surface area contributed by atoms with E-state index in [1.165, 1.54) is 4.90 Å². The predicted octanol–water partition coefficient (Wildman–Crippen LogP) is 0.149. The molecule has 24 heavy (non-hydrogen) atoms. The van der Waals surface area contributed by atoms with Crippen molar-refractivity contribution in [3.8, 4) is 0 Å². The van der Waals surface area contributed by atoms with Crippen LogP contribution in [-0.2, 0) is 4.79 Å². The van der Waals surface area contributed by atoms with Crippen molar-refractivity contribution in [1.29, 1.82) is 0 Å². The Bertz CT molecular complexity index is 542. The first-order valence-corrected chi connectivity index (χ1v) is 8.68. The van der Waals surface area contributed by atoms with Gasteiger partial charge in [-0.3, -0.25) is 9.69 Å². The summed E-state index contributed by atoms with van der Waals surface area (Å²) in [5, 5.41) is 2.70. The molecular formula is C16H27N5O3. The fourth-order valence-electron chi connectivity index (χ4n) is 3.72. The highest BCUT2D eigenvalue weighted by Gasteiger charge is 2.44. The number of carbonyl (C=O) groups is 3. The Morgan fingerprint density at radius 1 is 1.04 bits per heavy atom. The molecule has 8 heteroatoms. The third-order valence-electron chi connectivity index (χ3n) is 5.33. The number of hydrogen-bond acceptors (Lipinski definition) is 4. The van der Waals surface area contributed by atoms with Gasteiger partial charge in [0, 0.05) is 52.4 Å². The van der Waals surface area contributed by atoms with Crippen LogP contribution >= 0.6 is 0 Å². The van der Waals surface area contributed by atoms with Crippen LogP contribution in [-0.4, -0.2) is 95.5 Å². The number of imide groups is 1. The van der Waals surface area contributed by atoms with Gasteiger partial charge < -0.3 is 20.0 Å². The van der Waals surface area contributed by atoms with E-state index in [2.05, 4.69) is 10.2 Å². The number of rotatable bonds is 4. The van der Waals surface area contributed by atoms with Crippen molar-refractivity contribution in [3.05, 3.63) is 0 Å². The Hall–Kier alpha value is -1.83. The Morgan fingerprint density at radius 3 is 2.21 bits per heavy atom. The van der Waals surface area contributed by atoms with Crippen molar-refractivity contribution >= 4 is 18.0 Å². The van der Waals surface area contributed by atoms with Gasteiger partial charge in [0.05, 0.1) is 0 Å². The lowest BCUT2D eigenvalue weighted by Crippen LogP contribution is -2.48. The first-order chi connectivity index (χ1) is 11.3. The molecule has 0 aromatic heterocycles. The number of urea groups is 2. The molecule has 5 amide bonds. The molecule has 134 valence electrons. The molecular weight excluding hydrogens is 310 g/mol. The van der Waals surface area contributed by atoms with Crippen LogP contribution < -0.4 is 5.32 Å². The lowest BCUT2D eigenvalue weighted by molar-refractivity contribution is -0.130. The van der Waals surface area contributed by atoms with E-state index < -0.39 is 5.54 Å². The quantitative estimate of drug-likeness (QED) is 0.741. The third-order valence-corrected chi connectivity index (χ3v) is 5.33. The van der Waals surface area contributed by atoms with Gasteiger partial charge in [-0.25, -0.2) is 9.59 Å². The van der Waals surface area contributed by atoms with E-state index in [0.717, 1.165) is 39.0 Å². The van der Waals surface area contributed by atoms with E-state index in [0.29, 0.717) is 19.1 Å². The van der Waals surface area contributed by atoms with Gasteiger partial charge in [0.15, 0.2) is 0 Å². The topological polar surface area (TPSA) is 76.2 Å². The van der Waals surface area contributed by atoms with Crippen LogP contribution in [0.3, 0.4) is 0 Å². The van der Waals surface area contributed by atoms with Gasteiger partial charge in [0.2, 0.25) is 0 Å². The van der Waals surface area contributed by atoms with Crippen molar-refractivity contribution in [2.75, 3.05) is 46.3 Å². The van der Waals surface area contributed by atoms with Crippen LogP contribution in [0.1, 0.15) is 26.7 Å². The van der Waals surface area contributed by atoms with Gasteiger partial charge in [-0.15, -0.1) is 0 Å². The molecule has 0 spiro atoms. The van der Waals surface area contributed by atoms with E-state index in [9.17, 15) is 14.4 Å². The molecule has 3 fully saturated rings. The van der Waals surface area contributed by atoms with E-state index >= 15 is 0 Å². The summed E-state index contributed by atoms with van der Waals surface area (Å²) < 4.78 is 0. The van der Waals surface area contributed by atoms with Gasteiger partial charge in [-0.1, -0.05) is 0 Å². The second kappa shape index (κ2) is 6.23. The maximum atomic E-state index is 12.2. The van der Waals surface area contributed by atoms with Gasteiger partial charge in [0.1, 0.15) is 5.54 Å². The van der Waals surface area contributed by atoms with Crippen molar-refractivity contribution in [3.63, 3.8) is 0 Å². The number of carbonyl (C=O) groups excluding carboxylic acids is 3. The number of amides is 5. The fraction of sp³-hybridized carbons (Fsp3) is 0.812. The molecule has 3 rings (SSSR count). The van der Waals surface area contributed by atoms with Crippen molar-refractivity contribution in [2.24, 2.45) is 0 Å². The molecule has 0 aliphatic carbocycles. The predicted molar refractivity (Wildman–Crippen MR) is 88.5 cm³/mol. The Morgan fingerprint density at radius 2 is 1.71 bits per heavy atom. The van der Waals surface area contributed by atoms with Gasteiger partial charge in [0.25, 0.3) is 5.91 Å². The van der Waals surface area contributed by atoms with E-state index in [-0.39, 0.29) is 18.0 Å². The van der Waals surface area contributed by atoms with Crippen LogP contribution in [0.5, 0.6) is 0 Å². The molecule has 3 saturated heterocycles. The Labute approximate surface area is 142 Å². The lowest BCUT2D eigenvalue weighted by Gasteiger charge is -2.36. The van der Waals surface area contributed by atoms with E-state index in [4.69, 9.17) is 0 Å². The van der Waals surface area contributed by atoms with Crippen LogP contribution in [0.2, 0.25) is 0 Å². The summed E-state index contributed by atoms with van der Waals surface area (Å²) in [6.07, 6.45) is 1.90. The van der Waals surface area contributed by atoms with Crippen LogP contribution in [0.4, 0.5) is 9.59 Å². The number of likely N-dealkylation sites (tertiary alicyclic amines) is 1. The highest BCUT2D eigenvalue weighted by molar-refractivity contribution is 6.06. The second-order valence-corrected chi connectivity index (χ2v) is 7.48. The third kappa shape index (κ3) is 3.07. The van der Waals surface area contributed by atoms with Gasteiger partial charge in [-0.05, 0) is 26.7 Å². The molecule has 0 radical (unpaired) electrons. The van der Waals surface area contributed by atoms with Crippen LogP contribution in [0, 0.1) is 0 Å². The Kier molecular flexibility index (Phi) is 4.42. The standard InChI is InChI=1S/C16H27N5O3/c1-16(2)13(22)21(14(23)17-16)11-9-19-6-4-12(5-7-19)20-10-8-18(3)15(20)24/h12H,4-11H2,1-3H3,(H,17,23). The first kappa shape index (κ1) is 17.0. The minimum atomic E-state index is -0.799. The molecule has 1 N–H and O–H groups in total. The summed E-state index contributed by atoms with van der Waals surface area (Å²) in [6.45, 7) is 7.97. The molecule has 0 bridgehead atoms. The number of hydrogen-bond donors (Lipinski definition) is 1. The highest BCUT2D eigenvalue weighted by Crippen LogP contribution is 2.21. The zero-order valence-corrected chi connectivity index (χ0v) is 14.7. The maximum Gasteiger partial charge on any atom is 0.325 e. The van der Waals surface area contributed by atoms with Gasteiger partial charge >= 0.3 is 12.1 Å². The largest absolute Gasteiger partial charge is 0.326 e. The molecule has 0 saturated carbocycles. The molecule has 3 aliphatic heterocycles. The summed E-state index contributed by atoms with van der Waals surface area (Å²) in [5.74, 6) is -0.159. The minimum Gasteiger partial charge on any atom is -0.326 e. The molecule has 3 heterocycles. The lowest BCUT2D eigenvalue weighted by atomic mass is 10.0. The zero-order valence-electron chi connectivity index (χ0n) is 14.7. The van der Waals surface area contributed by atoms with Crippen molar-refractivity contribution < 1.29 is 14.4 Å². The van der Waals surface area contributed by atoms with Crippen molar-refractivity contribution in [1.82, 2.24) is 24.9 Å². The molecule has 0 aromatic rings. The number of piperidine rings is 1. The highest BCUT2D eigenvalue weighted by atomic mass is 16.2. The second-order valence-electron chi connectivity index (χ2n) is 7.48. The SMILES string of the molecule is CN1CCN(C2CCN(CCN3C(=O)NC(C)(C)C3=O)CC2)C1=O. The van der Waals surface area contributed by atoms with E-state index in [1.807, 2.05) is 11.9 Å². The van der Waals surface area contributed by atoms with Gasteiger partial charge in [-0.2, -0.15) is 0 Å². The van der Waals surface area contributed by atoms with E-state index in [1.54, 1.807) is 18.7 Å². The summed E-state index contributed by atoms with van der Waals surface area (Å²) in [7, 11) is 1.84. The maximum absolute atomic E-state index is 12.2. The molecule has 8 nitrogen and oxygen atoms in total. The fourth-order valence-corrected chi connectivity index (χ4v) is 3.72. The number of nitrogens with one attached hydrogen (secondary N) is 1. The summed E-state index contributed by atoms with van der Waals surface area (Å²) in [4.78, 5) is 43.5.